The van der Waals surface area contributed by atoms with Gasteiger partial charge >= 0.3 is 0 Å². The molecule has 1 aliphatic rings. The summed E-state index contributed by atoms with van der Waals surface area (Å²) >= 11 is 0. The van der Waals surface area contributed by atoms with E-state index in [-0.39, 0.29) is 0 Å². The summed E-state index contributed by atoms with van der Waals surface area (Å²) in [6.45, 7) is 5.59. The van der Waals surface area contributed by atoms with E-state index >= 15 is 0 Å². The first-order chi connectivity index (χ1) is 9.33. The number of anilines is 2. The van der Waals surface area contributed by atoms with Crippen LogP contribution in [0.2, 0.25) is 0 Å². The zero-order valence-corrected chi connectivity index (χ0v) is 10.9. The van der Waals surface area contributed by atoms with Crippen molar-refractivity contribution < 1.29 is 4.74 Å². The Labute approximate surface area is 111 Å². The van der Waals surface area contributed by atoms with Crippen LogP contribution in [0.4, 0.5) is 11.5 Å². The molecule has 6 heteroatoms. The number of aromatic amines is 1. The van der Waals surface area contributed by atoms with Gasteiger partial charge in [0.1, 0.15) is 0 Å². The Morgan fingerprint density at radius 2 is 2.21 bits per heavy atom. The minimum Gasteiger partial charge on any atom is -0.399 e. The Morgan fingerprint density at radius 3 is 3.05 bits per heavy atom. The molecule has 2 aromatic rings. The first-order valence-electron chi connectivity index (χ1n) is 6.60. The highest BCUT2D eigenvalue weighted by Gasteiger charge is 2.10. The van der Waals surface area contributed by atoms with Crippen LogP contribution in [0.3, 0.4) is 0 Å². The van der Waals surface area contributed by atoms with Gasteiger partial charge in [-0.1, -0.05) is 0 Å². The monoisotopic (exact) mass is 261 g/mol. The van der Waals surface area contributed by atoms with Gasteiger partial charge in [0.15, 0.2) is 5.82 Å². The molecule has 0 bridgehead atoms. The van der Waals surface area contributed by atoms with E-state index in [1.165, 1.54) is 0 Å². The summed E-state index contributed by atoms with van der Waals surface area (Å²) in [6, 6.07) is 5.78. The predicted molar refractivity (Wildman–Crippen MR) is 76.3 cm³/mol. The molecule has 0 amide bonds. The van der Waals surface area contributed by atoms with E-state index in [2.05, 4.69) is 20.4 Å². The first kappa shape index (κ1) is 12.3. The van der Waals surface area contributed by atoms with Gasteiger partial charge in [0.25, 0.3) is 0 Å². The molecule has 1 aliphatic heterocycles. The van der Waals surface area contributed by atoms with Crippen LogP contribution in [0.5, 0.6) is 0 Å². The number of fused-ring (bicyclic) bond motifs is 1. The Bertz CT molecular complexity index is 547. The largest absolute Gasteiger partial charge is 0.399 e. The molecule has 1 aromatic heterocycles. The van der Waals surface area contributed by atoms with Gasteiger partial charge in [-0.05, 0) is 18.2 Å². The summed E-state index contributed by atoms with van der Waals surface area (Å²) in [5.74, 6) is 0.892. The predicted octanol–water partition coefficient (Wildman–Crippen LogP) is 0.889. The second kappa shape index (κ2) is 5.46. The zero-order chi connectivity index (χ0) is 13.1. The average molecular weight is 261 g/mol. The Hall–Kier alpha value is -1.79. The Morgan fingerprint density at radius 1 is 1.37 bits per heavy atom. The van der Waals surface area contributed by atoms with Gasteiger partial charge in [-0.2, -0.15) is 5.10 Å². The molecule has 102 valence electrons. The van der Waals surface area contributed by atoms with Crippen molar-refractivity contribution in [2.75, 3.05) is 50.4 Å². The normalized spacial score (nSPS) is 16.8. The third-order valence-corrected chi connectivity index (χ3v) is 3.41. The minimum absolute atomic E-state index is 0.746. The molecule has 0 spiro atoms. The smallest absolute Gasteiger partial charge is 0.155 e. The summed E-state index contributed by atoms with van der Waals surface area (Å²) in [6.07, 6.45) is 0. The molecule has 4 N–H and O–H groups in total. The summed E-state index contributed by atoms with van der Waals surface area (Å²) < 4.78 is 5.33. The second-order valence-electron chi connectivity index (χ2n) is 4.76. The molecule has 1 aromatic carbocycles. The molecule has 0 atom stereocenters. The fourth-order valence-electron chi connectivity index (χ4n) is 2.33. The quantitative estimate of drug-likeness (QED) is 0.712. The van der Waals surface area contributed by atoms with E-state index < -0.39 is 0 Å². The number of hydrogen-bond acceptors (Lipinski definition) is 5. The summed E-state index contributed by atoms with van der Waals surface area (Å²) in [4.78, 5) is 2.39. The standard InChI is InChI=1S/C13H19N5O/c14-10-1-2-11-12(9-10)16-17-13(11)15-3-4-18-5-7-19-8-6-18/h1-2,9H,3-8,14H2,(H2,15,16,17). The number of nitrogens with zero attached hydrogens (tertiary/aromatic N) is 2. The molecular formula is C13H19N5O. The minimum atomic E-state index is 0.746. The van der Waals surface area contributed by atoms with Crippen LogP contribution in [0.25, 0.3) is 10.9 Å². The van der Waals surface area contributed by atoms with Crippen LogP contribution < -0.4 is 11.1 Å². The lowest BCUT2D eigenvalue weighted by atomic mass is 10.2. The van der Waals surface area contributed by atoms with E-state index in [1.54, 1.807) is 0 Å². The number of morpholine rings is 1. The van der Waals surface area contributed by atoms with Crippen molar-refractivity contribution in [3.8, 4) is 0 Å². The SMILES string of the molecule is Nc1ccc2c(NCCN3CCOCC3)n[nH]c2c1. The molecule has 2 heterocycles. The van der Waals surface area contributed by atoms with E-state index in [4.69, 9.17) is 10.5 Å². The number of nitrogen functional groups attached to an aromatic ring is 1. The molecule has 0 unspecified atom stereocenters. The van der Waals surface area contributed by atoms with Gasteiger partial charge in [-0.15, -0.1) is 0 Å². The highest BCUT2D eigenvalue weighted by molar-refractivity contribution is 5.91. The molecule has 3 rings (SSSR count). The number of H-pyrrole nitrogens is 1. The summed E-state index contributed by atoms with van der Waals surface area (Å²) in [5.41, 5.74) is 7.46. The molecule has 0 radical (unpaired) electrons. The molecular weight excluding hydrogens is 242 g/mol. The molecule has 1 saturated heterocycles. The van der Waals surface area contributed by atoms with Gasteiger partial charge < -0.3 is 15.8 Å². The van der Waals surface area contributed by atoms with Crippen LogP contribution in [0.15, 0.2) is 18.2 Å². The number of nitrogens with two attached hydrogens (primary N) is 1. The molecule has 0 saturated carbocycles. The van der Waals surface area contributed by atoms with Crippen molar-refractivity contribution in [3.63, 3.8) is 0 Å². The maximum atomic E-state index is 5.74. The summed E-state index contributed by atoms with van der Waals surface area (Å²) in [7, 11) is 0. The number of ether oxygens (including phenoxy) is 1. The fourth-order valence-corrected chi connectivity index (χ4v) is 2.33. The number of aromatic nitrogens is 2. The van der Waals surface area contributed by atoms with E-state index in [0.29, 0.717) is 0 Å². The highest BCUT2D eigenvalue weighted by atomic mass is 16.5. The van der Waals surface area contributed by atoms with Crippen molar-refractivity contribution in [1.29, 1.82) is 0 Å². The second-order valence-corrected chi connectivity index (χ2v) is 4.76. The number of benzene rings is 1. The van der Waals surface area contributed by atoms with Crippen molar-refractivity contribution in [1.82, 2.24) is 15.1 Å². The maximum absolute atomic E-state index is 5.74. The van der Waals surface area contributed by atoms with Gasteiger partial charge in [-0.25, -0.2) is 0 Å². The lowest BCUT2D eigenvalue weighted by Gasteiger charge is -2.26. The number of nitrogens with one attached hydrogen (secondary N) is 2. The van der Waals surface area contributed by atoms with Gasteiger partial charge in [0.05, 0.1) is 18.7 Å². The fraction of sp³-hybridized carbons (Fsp3) is 0.462. The number of rotatable bonds is 4. The average Bonchev–Trinajstić information content (AvgIpc) is 2.82. The maximum Gasteiger partial charge on any atom is 0.155 e. The molecule has 19 heavy (non-hydrogen) atoms. The van der Waals surface area contributed by atoms with Crippen molar-refractivity contribution in [2.45, 2.75) is 0 Å². The molecule has 0 aliphatic carbocycles. The molecule has 1 fully saturated rings. The van der Waals surface area contributed by atoms with E-state index in [9.17, 15) is 0 Å². The number of hydrogen-bond donors (Lipinski definition) is 3. The zero-order valence-electron chi connectivity index (χ0n) is 10.9. The molecule has 6 nitrogen and oxygen atoms in total. The highest BCUT2D eigenvalue weighted by Crippen LogP contribution is 2.21. The van der Waals surface area contributed by atoms with Crippen molar-refractivity contribution in [2.24, 2.45) is 0 Å². The third-order valence-electron chi connectivity index (χ3n) is 3.41. The lowest BCUT2D eigenvalue weighted by Crippen LogP contribution is -2.39. The Balaban J connectivity index is 1.59. The first-order valence-corrected chi connectivity index (χ1v) is 6.60. The van der Waals surface area contributed by atoms with Crippen LogP contribution in [-0.2, 0) is 4.74 Å². The van der Waals surface area contributed by atoms with E-state index in [0.717, 1.165) is 61.8 Å². The van der Waals surface area contributed by atoms with Crippen LogP contribution in [0, 0.1) is 0 Å². The van der Waals surface area contributed by atoms with Crippen LogP contribution in [-0.4, -0.2) is 54.5 Å². The van der Waals surface area contributed by atoms with Crippen LogP contribution >= 0.6 is 0 Å². The van der Waals surface area contributed by atoms with Gasteiger partial charge in [0.2, 0.25) is 0 Å². The van der Waals surface area contributed by atoms with Gasteiger partial charge in [-0.3, -0.25) is 10.00 Å². The third kappa shape index (κ3) is 2.80. The van der Waals surface area contributed by atoms with Crippen molar-refractivity contribution >= 4 is 22.4 Å². The van der Waals surface area contributed by atoms with Crippen LogP contribution in [0.1, 0.15) is 0 Å². The Kier molecular flexibility index (Phi) is 3.52. The summed E-state index contributed by atoms with van der Waals surface area (Å²) in [5, 5.41) is 11.7. The van der Waals surface area contributed by atoms with Gasteiger partial charge in [0, 0.05) is 37.3 Å². The lowest BCUT2D eigenvalue weighted by molar-refractivity contribution is 0.0398. The van der Waals surface area contributed by atoms with E-state index in [1.807, 2.05) is 18.2 Å². The van der Waals surface area contributed by atoms with Crippen molar-refractivity contribution in [3.05, 3.63) is 18.2 Å². The topological polar surface area (TPSA) is 79.2 Å².